The van der Waals surface area contributed by atoms with Gasteiger partial charge in [0, 0.05) is 26.2 Å². The van der Waals surface area contributed by atoms with E-state index in [1.807, 2.05) is 0 Å². The zero-order chi connectivity index (χ0) is 25.5. The number of carbonyl (C=O) groups excluding carboxylic acids is 1. The second-order valence-corrected chi connectivity index (χ2v) is 11.4. The lowest BCUT2D eigenvalue weighted by Gasteiger charge is -2.43. The van der Waals surface area contributed by atoms with Gasteiger partial charge in [0.1, 0.15) is 5.82 Å². The lowest BCUT2D eigenvalue weighted by Crippen LogP contribution is -2.57. The lowest BCUT2D eigenvalue weighted by molar-refractivity contribution is -0.146. The summed E-state index contributed by atoms with van der Waals surface area (Å²) in [5.74, 6) is -0.758. The highest BCUT2D eigenvalue weighted by atomic mass is 32.2. The number of ether oxygens (including phenoxy) is 3. The number of aliphatic hydroxyl groups is 1. The van der Waals surface area contributed by atoms with Crippen molar-refractivity contribution in [3.63, 3.8) is 0 Å². The number of hydrogen-bond acceptors (Lipinski definition) is 8. The van der Waals surface area contributed by atoms with Gasteiger partial charge in [0.15, 0.2) is 0 Å². The van der Waals surface area contributed by atoms with Crippen LogP contribution in [0.4, 0.5) is 4.39 Å². The summed E-state index contributed by atoms with van der Waals surface area (Å²) in [5, 5.41) is 13.2. The summed E-state index contributed by atoms with van der Waals surface area (Å²) in [5.41, 5.74) is 0. The van der Waals surface area contributed by atoms with Gasteiger partial charge >= 0.3 is 0 Å². The molecule has 36 heavy (non-hydrogen) atoms. The van der Waals surface area contributed by atoms with E-state index in [9.17, 15) is 22.7 Å². The van der Waals surface area contributed by atoms with E-state index < -0.39 is 34.1 Å². The Bertz CT molecular complexity index is 976. The maximum atomic E-state index is 13.8. The van der Waals surface area contributed by atoms with Gasteiger partial charge in [-0.3, -0.25) is 9.69 Å². The van der Waals surface area contributed by atoms with Crippen molar-refractivity contribution in [2.24, 2.45) is 0 Å². The van der Waals surface area contributed by atoms with Gasteiger partial charge in [-0.2, -0.15) is 4.31 Å². The molecule has 3 aliphatic rings. The van der Waals surface area contributed by atoms with Crippen LogP contribution in [0.2, 0.25) is 0 Å². The molecule has 0 bridgehead atoms. The number of nitrogens with zero attached hydrogens (tertiary/aromatic N) is 2. The molecule has 1 amide bonds. The molecular formula is C24H36FN3O7S. The highest BCUT2D eigenvalue weighted by Gasteiger charge is 2.43. The van der Waals surface area contributed by atoms with Gasteiger partial charge in [-0.05, 0) is 44.0 Å². The fourth-order valence-electron chi connectivity index (χ4n) is 4.97. The number of amides is 1. The van der Waals surface area contributed by atoms with Gasteiger partial charge in [0.2, 0.25) is 15.9 Å². The van der Waals surface area contributed by atoms with Crippen molar-refractivity contribution in [3.8, 4) is 0 Å². The first-order valence-corrected chi connectivity index (χ1v) is 14.0. The second kappa shape index (κ2) is 12.7. The number of halogens is 1. The Morgan fingerprint density at radius 3 is 2.75 bits per heavy atom. The smallest absolute Gasteiger partial charge is 0.243 e. The van der Waals surface area contributed by atoms with Crippen molar-refractivity contribution in [2.75, 3.05) is 59.2 Å². The molecule has 4 rings (SSSR count). The first kappa shape index (κ1) is 27.4. The number of carbonyl (C=O) groups is 1. The van der Waals surface area contributed by atoms with Crippen molar-refractivity contribution < 1.29 is 36.9 Å². The first-order valence-electron chi connectivity index (χ1n) is 12.6. The molecule has 3 heterocycles. The number of fused-ring (bicyclic) bond motifs is 1. The molecule has 0 aromatic heterocycles. The molecule has 2 N–H and O–H groups in total. The van der Waals surface area contributed by atoms with Crippen LogP contribution in [0.25, 0.3) is 0 Å². The van der Waals surface area contributed by atoms with Gasteiger partial charge < -0.3 is 24.6 Å². The maximum absolute atomic E-state index is 13.8. The number of benzene rings is 1. The maximum Gasteiger partial charge on any atom is 0.243 e. The third kappa shape index (κ3) is 7.21. The van der Waals surface area contributed by atoms with Crippen LogP contribution >= 0.6 is 0 Å². The summed E-state index contributed by atoms with van der Waals surface area (Å²) in [6.07, 6.45) is -0.0377. The van der Waals surface area contributed by atoms with E-state index in [-0.39, 0.29) is 43.1 Å². The number of hydrogen-bond donors (Lipinski definition) is 2. The fourth-order valence-corrected chi connectivity index (χ4v) is 6.72. The van der Waals surface area contributed by atoms with E-state index in [0.717, 1.165) is 45.3 Å². The molecule has 12 heteroatoms. The molecule has 0 saturated carbocycles. The molecular weight excluding hydrogens is 493 g/mol. The van der Waals surface area contributed by atoms with Crippen molar-refractivity contribution >= 4 is 15.9 Å². The summed E-state index contributed by atoms with van der Waals surface area (Å²) in [4.78, 5) is 14.6. The van der Waals surface area contributed by atoms with E-state index in [2.05, 4.69) is 10.2 Å². The minimum absolute atomic E-state index is 0.0456. The van der Waals surface area contributed by atoms with Crippen LogP contribution < -0.4 is 5.32 Å². The predicted molar refractivity (Wildman–Crippen MR) is 128 cm³/mol. The van der Waals surface area contributed by atoms with Crippen molar-refractivity contribution in [1.29, 1.82) is 0 Å². The molecule has 4 atom stereocenters. The van der Waals surface area contributed by atoms with Gasteiger partial charge in [0.05, 0.1) is 62.1 Å². The molecule has 0 unspecified atom stereocenters. The van der Waals surface area contributed by atoms with Gasteiger partial charge in [-0.25, -0.2) is 12.8 Å². The van der Waals surface area contributed by atoms with Crippen LogP contribution in [0.3, 0.4) is 0 Å². The minimum Gasteiger partial charge on any atom is -0.389 e. The summed E-state index contributed by atoms with van der Waals surface area (Å²) >= 11 is 0. The van der Waals surface area contributed by atoms with Crippen molar-refractivity contribution in [1.82, 2.24) is 14.5 Å². The molecule has 10 nitrogen and oxygen atoms in total. The largest absolute Gasteiger partial charge is 0.389 e. The zero-order valence-corrected chi connectivity index (χ0v) is 21.2. The van der Waals surface area contributed by atoms with Gasteiger partial charge in [-0.15, -0.1) is 0 Å². The summed E-state index contributed by atoms with van der Waals surface area (Å²) in [6.45, 7) is 4.67. The average molecular weight is 530 g/mol. The number of morpholine rings is 1. The Morgan fingerprint density at radius 2 is 1.97 bits per heavy atom. The normalized spacial score (nSPS) is 28.6. The quantitative estimate of drug-likeness (QED) is 0.464. The Labute approximate surface area is 211 Å². The van der Waals surface area contributed by atoms with E-state index in [4.69, 9.17) is 14.2 Å². The zero-order valence-electron chi connectivity index (χ0n) is 20.4. The number of aliphatic hydroxyl groups excluding tert-OH is 1. The number of sulfonamides is 1. The fraction of sp³-hybridized carbons (Fsp3) is 0.708. The van der Waals surface area contributed by atoms with E-state index in [0.29, 0.717) is 19.4 Å². The van der Waals surface area contributed by atoms with Crippen LogP contribution in [-0.2, 0) is 29.0 Å². The van der Waals surface area contributed by atoms with Crippen molar-refractivity contribution in [2.45, 2.75) is 54.9 Å². The third-order valence-corrected chi connectivity index (χ3v) is 8.71. The second-order valence-electron chi connectivity index (χ2n) is 9.53. The Morgan fingerprint density at radius 1 is 1.17 bits per heavy atom. The predicted octanol–water partition coefficient (Wildman–Crippen LogP) is 0.352. The summed E-state index contributed by atoms with van der Waals surface area (Å²) < 4.78 is 58.8. The van der Waals surface area contributed by atoms with Crippen LogP contribution in [-0.4, -0.2) is 112 Å². The topological polar surface area (TPSA) is 118 Å². The highest BCUT2D eigenvalue weighted by molar-refractivity contribution is 7.89. The van der Waals surface area contributed by atoms with Crippen LogP contribution in [0, 0.1) is 5.82 Å². The summed E-state index contributed by atoms with van der Waals surface area (Å²) in [7, 11) is -4.09. The Kier molecular flexibility index (Phi) is 9.67. The Hall–Kier alpha value is -1.67. The molecule has 1 aromatic rings. The van der Waals surface area contributed by atoms with E-state index >= 15 is 0 Å². The Balaban J connectivity index is 1.33. The standard InChI is InChI=1S/C24H36FN3O7S/c25-18-3-1-4-21(13-18)36(31,32)28-15-19(29)16-34-17-23-22(28)6-5-20(35-23)14-24(30)26-7-2-8-27-9-11-33-12-10-27/h1,3-4,13,19-20,22-23,29H,2,5-12,14-17H2,(H,26,30)/t19-,20+,22-,23+/m1/s1. The molecule has 0 aliphatic carbocycles. The number of β-amino-alcohol motifs (C(OH)–C–C–N with tert-alkyl or cyclic N) is 1. The molecule has 3 fully saturated rings. The molecule has 3 saturated heterocycles. The van der Waals surface area contributed by atoms with Crippen LogP contribution in [0.5, 0.6) is 0 Å². The molecule has 3 aliphatic heterocycles. The van der Waals surface area contributed by atoms with Gasteiger partial charge in [0.25, 0.3) is 0 Å². The van der Waals surface area contributed by atoms with E-state index in [1.165, 1.54) is 22.5 Å². The number of nitrogens with one attached hydrogen (secondary N) is 1. The average Bonchev–Trinajstić information content (AvgIpc) is 2.85. The molecule has 0 radical (unpaired) electrons. The third-order valence-electron chi connectivity index (χ3n) is 6.83. The summed E-state index contributed by atoms with van der Waals surface area (Å²) in [6, 6.07) is 4.24. The lowest BCUT2D eigenvalue weighted by atomic mass is 9.96. The molecule has 0 spiro atoms. The van der Waals surface area contributed by atoms with E-state index in [1.54, 1.807) is 0 Å². The van der Waals surface area contributed by atoms with Crippen LogP contribution in [0.1, 0.15) is 25.7 Å². The molecule has 1 aromatic carbocycles. The SMILES string of the molecule is O=C(C[C@@H]1CC[C@@H]2[C@H](COC[C@H](O)CN2S(=O)(=O)c2cccc(F)c2)O1)NCCCN1CCOCC1. The highest BCUT2D eigenvalue weighted by Crippen LogP contribution is 2.31. The minimum atomic E-state index is -4.09. The van der Waals surface area contributed by atoms with Crippen LogP contribution in [0.15, 0.2) is 29.2 Å². The molecule has 202 valence electrons. The van der Waals surface area contributed by atoms with Crippen molar-refractivity contribution in [3.05, 3.63) is 30.1 Å². The monoisotopic (exact) mass is 529 g/mol. The first-order chi connectivity index (χ1) is 17.3. The number of rotatable bonds is 8. The van der Waals surface area contributed by atoms with Gasteiger partial charge in [-0.1, -0.05) is 6.07 Å².